The smallest absolute Gasteiger partial charge is 0.269 e. The summed E-state index contributed by atoms with van der Waals surface area (Å²) in [5.74, 6) is -0.274. The number of hydroxylamine groups is 1. The molecule has 2 heterocycles. The minimum Gasteiger partial charge on any atom is -0.490 e. The first-order valence-electron chi connectivity index (χ1n) is 16.5. The summed E-state index contributed by atoms with van der Waals surface area (Å²) in [5, 5.41) is -0.110. The number of nitrogens with zero attached hydrogens (tertiary/aromatic N) is 1. The second-order valence-electron chi connectivity index (χ2n) is 13.6. The molecule has 0 radical (unpaired) electrons. The van der Waals surface area contributed by atoms with E-state index in [4.69, 9.17) is 25.9 Å². The Labute approximate surface area is 282 Å². The van der Waals surface area contributed by atoms with Gasteiger partial charge in [0.2, 0.25) is 10.0 Å². The van der Waals surface area contributed by atoms with Crippen molar-refractivity contribution in [2.75, 3.05) is 38.3 Å². The lowest BCUT2D eigenvalue weighted by Crippen LogP contribution is -2.50. The average Bonchev–Trinajstić information content (AvgIpc) is 3.17. The fourth-order valence-electron chi connectivity index (χ4n) is 7.64. The minimum absolute atomic E-state index is 0.137. The zero-order valence-electron chi connectivity index (χ0n) is 27.2. The quantitative estimate of drug-likeness (QED) is 0.343. The van der Waals surface area contributed by atoms with Crippen molar-refractivity contribution in [3.8, 4) is 5.75 Å². The van der Waals surface area contributed by atoms with Crippen LogP contribution in [0.25, 0.3) is 0 Å². The Balaban J connectivity index is 1.40. The van der Waals surface area contributed by atoms with Crippen LogP contribution in [0.5, 0.6) is 5.75 Å². The highest BCUT2D eigenvalue weighted by Crippen LogP contribution is 2.47. The van der Waals surface area contributed by atoms with Gasteiger partial charge >= 0.3 is 0 Å². The Bertz CT molecular complexity index is 1650. The van der Waals surface area contributed by atoms with Crippen LogP contribution in [-0.4, -0.2) is 65.0 Å². The molecule has 4 aliphatic rings. The summed E-state index contributed by atoms with van der Waals surface area (Å²) in [7, 11) is -2.59. The summed E-state index contributed by atoms with van der Waals surface area (Å²) < 4.78 is 41.7. The zero-order chi connectivity index (χ0) is 33.3. The molecule has 1 spiro atoms. The van der Waals surface area contributed by atoms with Gasteiger partial charge in [-0.2, -0.15) is 0 Å². The van der Waals surface area contributed by atoms with E-state index >= 15 is 0 Å². The highest BCUT2D eigenvalue weighted by atomic mass is 35.5. The number of hydrogen-bond acceptors (Lipinski definition) is 8. The van der Waals surface area contributed by atoms with E-state index in [0.717, 1.165) is 37.8 Å². The number of anilines is 1. The van der Waals surface area contributed by atoms with Crippen LogP contribution in [0.2, 0.25) is 5.02 Å². The molecule has 6 atom stereocenters. The van der Waals surface area contributed by atoms with E-state index in [1.54, 1.807) is 25.1 Å². The van der Waals surface area contributed by atoms with E-state index in [0.29, 0.717) is 36.9 Å². The number of aryl methyl sites for hydroxylation is 1. The number of fused-ring (bicyclic) bond motifs is 4. The normalized spacial score (nSPS) is 30.9. The van der Waals surface area contributed by atoms with Gasteiger partial charge in [-0.15, -0.1) is 0 Å². The van der Waals surface area contributed by atoms with Crippen molar-refractivity contribution in [2.24, 2.45) is 17.8 Å². The molecule has 0 aromatic heterocycles. The molecule has 2 bridgehead atoms. The standard InChI is InChI=1S/C35H44ClN3O7S/c1-22-6-4-8-31(45-19-33(40)37-44-3)28-12-9-26(28)18-39-20-35(15-5-7-24-16-27(36)11-13-29(24)35)21-46-32-14-10-25(17-30(32)39)34(41)38-47(42,43)23(22)2/h4,8,10-11,13-14,16-17,22-23,26,28,31H,5-7,9,12,15,18-21H2,1-3H3,(H,37,40)(H,38,41)/b8-4-/t22-,23+,26-,28+,31-,35-/m0/s1. The average molecular weight is 686 g/mol. The number of rotatable bonds is 4. The molecule has 254 valence electrons. The van der Waals surface area contributed by atoms with Crippen molar-refractivity contribution in [3.63, 3.8) is 0 Å². The van der Waals surface area contributed by atoms with Crippen LogP contribution < -0.4 is 19.8 Å². The minimum atomic E-state index is -3.97. The maximum atomic E-state index is 13.4. The second kappa shape index (κ2) is 13.8. The predicted octanol–water partition coefficient (Wildman–Crippen LogP) is 4.95. The fourth-order valence-corrected chi connectivity index (χ4v) is 9.11. The first kappa shape index (κ1) is 33.8. The van der Waals surface area contributed by atoms with Gasteiger partial charge in [0.25, 0.3) is 11.8 Å². The first-order chi connectivity index (χ1) is 22.5. The van der Waals surface area contributed by atoms with Gasteiger partial charge in [-0.3, -0.25) is 14.4 Å². The molecule has 12 heteroatoms. The van der Waals surface area contributed by atoms with Crippen molar-refractivity contribution in [1.29, 1.82) is 0 Å². The molecule has 0 unspecified atom stereocenters. The molecule has 1 fully saturated rings. The van der Waals surface area contributed by atoms with Gasteiger partial charge in [-0.05, 0) is 105 Å². The van der Waals surface area contributed by atoms with E-state index < -0.39 is 21.2 Å². The number of nitrogens with one attached hydrogen (secondary N) is 2. The summed E-state index contributed by atoms with van der Waals surface area (Å²) in [6.45, 7) is 5.11. The van der Waals surface area contributed by atoms with Crippen LogP contribution in [0.3, 0.4) is 0 Å². The van der Waals surface area contributed by atoms with Gasteiger partial charge in [-0.25, -0.2) is 18.6 Å². The summed E-state index contributed by atoms with van der Waals surface area (Å²) >= 11 is 6.42. The molecule has 0 saturated heterocycles. The van der Waals surface area contributed by atoms with Crippen LogP contribution >= 0.6 is 11.6 Å². The lowest BCUT2D eigenvalue weighted by molar-refractivity contribution is -0.139. The van der Waals surface area contributed by atoms with Gasteiger partial charge in [0.05, 0.1) is 30.8 Å². The number of carbonyl (C=O) groups is 2. The Morgan fingerprint density at radius 1 is 1.19 bits per heavy atom. The molecular weight excluding hydrogens is 642 g/mol. The van der Waals surface area contributed by atoms with Crippen LogP contribution in [0, 0.1) is 17.8 Å². The molecule has 2 aliphatic heterocycles. The summed E-state index contributed by atoms with van der Waals surface area (Å²) in [5.41, 5.74) is 5.50. The maximum Gasteiger partial charge on any atom is 0.269 e. The summed E-state index contributed by atoms with van der Waals surface area (Å²) in [6, 6.07) is 11.3. The monoisotopic (exact) mass is 685 g/mol. The number of hydrogen-bond donors (Lipinski definition) is 2. The Hall–Kier alpha value is -3.12. The largest absolute Gasteiger partial charge is 0.490 e. The number of halogens is 1. The van der Waals surface area contributed by atoms with E-state index in [-0.39, 0.29) is 47.4 Å². The van der Waals surface area contributed by atoms with E-state index in [2.05, 4.69) is 27.2 Å². The molecular formula is C35H44ClN3O7S. The third-order valence-electron chi connectivity index (χ3n) is 10.6. The molecule has 2 aromatic rings. The molecule has 2 aromatic carbocycles. The number of benzene rings is 2. The van der Waals surface area contributed by atoms with Gasteiger partial charge < -0.3 is 14.4 Å². The van der Waals surface area contributed by atoms with E-state index in [9.17, 15) is 18.0 Å². The number of ether oxygens (including phenoxy) is 2. The third kappa shape index (κ3) is 7.04. The molecule has 2 amide bonds. The van der Waals surface area contributed by atoms with Crippen molar-refractivity contribution in [3.05, 3.63) is 70.3 Å². The molecule has 1 saturated carbocycles. The second-order valence-corrected chi connectivity index (χ2v) is 16.1. The van der Waals surface area contributed by atoms with Gasteiger partial charge in [0.1, 0.15) is 12.4 Å². The fraction of sp³-hybridized carbons (Fsp3) is 0.543. The Morgan fingerprint density at radius 2 is 2.02 bits per heavy atom. The van der Waals surface area contributed by atoms with Crippen LogP contribution in [0.15, 0.2) is 48.6 Å². The van der Waals surface area contributed by atoms with Gasteiger partial charge in [0, 0.05) is 29.1 Å². The van der Waals surface area contributed by atoms with Crippen LogP contribution in [0.4, 0.5) is 5.69 Å². The van der Waals surface area contributed by atoms with E-state index in [1.165, 1.54) is 18.2 Å². The van der Waals surface area contributed by atoms with E-state index in [1.807, 2.05) is 25.1 Å². The van der Waals surface area contributed by atoms with Crippen molar-refractivity contribution >= 4 is 39.1 Å². The van der Waals surface area contributed by atoms with Gasteiger partial charge in [0.15, 0.2) is 0 Å². The first-order valence-corrected chi connectivity index (χ1v) is 18.4. The SMILES string of the molecule is CONC(=O)CO[C@H]1/C=C\C[C@H](C)[C@@H](C)S(=O)(=O)NC(=O)c2ccc3c(c2)N(C[C@@H]2CC[C@H]21)C[C@@]1(CCCc2cc(Cl)ccc21)CO3. The highest BCUT2D eigenvalue weighted by Gasteiger charge is 2.44. The van der Waals surface area contributed by atoms with Gasteiger partial charge in [-0.1, -0.05) is 36.7 Å². The highest BCUT2D eigenvalue weighted by molar-refractivity contribution is 7.90. The van der Waals surface area contributed by atoms with Crippen molar-refractivity contribution in [2.45, 2.75) is 69.1 Å². The maximum absolute atomic E-state index is 13.4. The van der Waals surface area contributed by atoms with Crippen LogP contribution in [0.1, 0.15) is 67.4 Å². The summed E-state index contributed by atoms with van der Waals surface area (Å²) in [6.07, 6.45) is 8.83. The third-order valence-corrected chi connectivity index (χ3v) is 12.8. The number of allylic oxidation sites excluding steroid dienone is 1. The molecule has 47 heavy (non-hydrogen) atoms. The Morgan fingerprint density at radius 3 is 2.79 bits per heavy atom. The van der Waals surface area contributed by atoms with Crippen molar-refractivity contribution in [1.82, 2.24) is 10.2 Å². The zero-order valence-corrected chi connectivity index (χ0v) is 28.7. The topological polar surface area (TPSA) is 123 Å². The summed E-state index contributed by atoms with van der Waals surface area (Å²) in [4.78, 5) is 32.8. The number of amides is 2. The number of carbonyl (C=O) groups excluding carboxylic acids is 2. The number of sulfonamides is 1. The van der Waals surface area contributed by atoms with Crippen LogP contribution in [-0.2, 0) is 36.2 Å². The molecule has 10 nitrogen and oxygen atoms in total. The molecule has 2 aliphatic carbocycles. The predicted molar refractivity (Wildman–Crippen MR) is 180 cm³/mol. The molecule has 2 N–H and O–H groups in total. The van der Waals surface area contributed by atoms with Crippen molar-refractivity contribution < 1.29 is 32.3 Å². The lowest BCUT2D eigenvalue weighted by atomic mass is 9.68. The lowest BCUT2D eigenvalue weighted by Gasteiger charge is -2.46. The Kier molecular flexibility index (Phi) is 9.90. The molecule has 6 rings (SSSR count).